The smallest absolute Gasteiger partial charge is 0.356 e. The minimum absolute atomic E-state index is 0.0276. The third-order valence-corrected chi connectivity index (χ3v) is 4.29. The summed E-state index contributed by atoms with van der Waals surface area (Å²) in [5.41, 5.74) is 0. The number of rotatable bonds is 4. The quantitative estimate of drug-likeness (QED) is 0.592. The van der Waals surface area contributed by atoms with Gasteiger partial charge in [0.05, 0.1) is 6.54 Å². The number of alkyl halides is 3. The van der Waals surface area contributed by atoms with Gasteiger partial charge < -0.3 is 15.5 Å². The van der Waals surface area contributed by atoms with E-state index in [2.05, 4.69) is 27.6 Å². The summed E-state index contributed by atoms with van der Waals surface area (Å²) >= 11 is 0. The van der Waals surface area contributed by atoms with E-state index in [1.165, 1.54) is 11.3 Å². The van der Waals surface area contributed by atoms with Crippen molar-refractivity contribution >= 4 is 5.96 Å². The maximum Gasteiger partial charge on any atom is 0.401 e. The average molecular weight is 321 g/mol. The molecule has 0 spiro atoms. The molecule has 2 atom stereocenters. The first-order valence-electron chi connectivity index (χ1n) is 7.80. The van der Waals surface area contributed by atoms with Crippen molar-refractivity contribution in [1.29, 1.82) is 0 Å². The molecule has 0 aromatic heterocycles. The van der Waals surface area contributed by atoms with Crippen molar-refractivity contribution in [2.45, 2.75) is 25.1 Å². The van der Waals surface area contributed by atoms with Gasteiger partial charge in [0.25, 0.3) is 0 Å². The maximum atomic E-state index is 12.4. The molecule has 2 unspecified atom stereocenters. The van der Waals surface area contributed by atoms with E-state index in [1.807, 2.05) is 0 Å². The normalized spacial score (nSPS) is 28.3. The fourth-order valence-corrected chi connectivity index (χ4v) is 3.17. The van der Waals surface area contributed by atoms with Crippen LogP contribution in [0.25, 0.3) is 0 Å². The molecule has 2 aliphatic rings. The molecular formula is C14H26F3N5. The summed E-state index contributed by atoms with van der Waals surface area (Å²) in [6, 6.07) is 0.0276. The second-order valence-electron chi connectivity index (χ2n) is 6.35. The predicted octanol–water partition coefficient (Wildman–Crippen LogP) is 0.740. The SMILES string of the molecule is CN=C(NCC1CCN(C)C1)NC1CCN(CC(F)(F)F)C1. The van der Waals surface area contributed by atoms with E-state index in [-0.39, 0.29) is 6.04 Å². The molecule has 2 heterocycles. The van der Waals surface area contributed by atoms with Crippen LogP contribution in [-0.4, -0.2) is 81.3 Å². The fraction of sp³-hybridized carbons (Fsp3) is 0.929. The Morgan fingerprint density at radius 2 is 2.00 bits per heavy atom. The van der Waals surface area contributed by atoms with Crippen LogP contribution in [0.5, 0.6) is 0 Å². The largest absolute Gasteiger partial charge is 0.401 e. The number of guanidine groups is 1. The summed E-state index contributed by atoms with van der Waals surface area (Å²) < 4.78 is 37.2. The topological polar surface area (TPSA) is 42.9 Å². The van der Waals surface area contributed by atoms with Gasteiger partial charge in [-0.25, -0.2) is 0 Å². The molecule has 0 radical (unpaired) electrons. The Balaban J connectivity index is 1.70. The second-order valence-corrected chi connectivity index (χ2v) is 6.35. The van der Waals surface area contributed by atoms with Crippen molar-refractivity contribution in [3.63, 3.8) is 0 Å². The van der Waals surface area contributed by atoms with Gasteiger partial charge in [0.15, 0.2) is 5.96 Å². The first kappa shape index (κ1) is 17.3. The third-order valence-electron chi connectivity index (χ3n) is 4.29. The highest BCUT2D eigenvalue weighted by atomic mass is 19.4. The number of nitrogens with zero attached hydrogens (tertiary/aromatic N) is 3. The molecule has 0 bridgehead atoms. The van der Waals surface area contributed by atoms with Gasteiger partial charge in [0.2, 0.25) is 0 Å². The average Bonchev–Trinajstić information content (AvgIpc) is 3.02. The van der Waals surface area contributed by atoms with Crippen molar-refractivity contribution in [1.82, 2.24) is 20.4 Å². The van der Waals surface area contributed by atoms with Crippen molar-refractivity contribution in [2.75, 3.05) is 53.4 Å². The fourth-order valence-electron chi connectivity index (χ4n) is 3.17. The number of likely N-dealkylation sites (tertiary alicyclic amines) is 2. The standard InChI is InChI=1S/C14H26F3N5/c1-18-13(19-7-11-3-5-21(2)8-11)20-12-4-6-22(9-12)10-14(15,16)17/h11-12H,3-10H2,1-2H3,(H2,18,19,20). The molecule has 8 heteroatoms. The summed E-state index contributed by atoms with van der Waals surface area (Å²) in [6.45, 7) is 3.10. The zero-order chi connectivity index (χ0) is 16.2. The van der Waals surface area contributed by atoms with Crippen LogP contribution in [0.15, 0.2) is 4.99 Å². The molecule has 2 aliphatic heterocycles. The number of aliphatic imine (C=N–C) groups is 1. The Morgan fingerprint density at radius 3 is 2.59 bits per heavy atom. The van der Waals surface area contributed by atoms with Gasteiger partial charge in [0, 0.05) is 39.3 Å². The van der Waals surface area contributed by atoms with Gasteiger partial charge in [-0.1, -0.05) is 0 Å². The number of hydrogen-bond acceptors (Lipinski definition) is 3. The molecule has 0 amide bonds. The van der Waals surface area contributed by atoms with Crippen LogP contribution in [0.3, 0.4) is 0 Å². The number of nitrogens with one attached hydrogen (secondary N) is 2. The lowest BCUT2D eigenvalue weighted by molar-refractivity contribution is -0.143. The monoisotopic (exact) mass is 321 g/mol. The molecule has 0 saturated carbocycles. The zero-order valence-corrected chi connectivity index (χ0v) is 13.3. The van der Waals surface area contributed by atoms with Gasteiger partial charge >= 0.3 is 6.18 Å². The number of hydrogen-bond donors (Lipinski definition) is 2. The molecule has 2 rings (SSSR count). The first-order chi connectivity index (χ1) is 10.4. The summed E-state index contributed by atoms with van der Waals surface area (Å²) in [5, 5.41) is 6.53. The van der Waals surface area contributed by atoms with E-state index in [0.717, 1.165) is 19.6 Å². The van der Waals surface area contributed by atoms with Gasteiger partial charge in [-0.05, 0) is 32.4 Å². The van der Waals surface area contributed by atoms with Crippen molar-refractivity contribution in [3.8, 4) is 0 Å². The molecule has 2 saturated heterocycles. The maximum absolute atomic E-state index is 12.4. The Bertz CT molecular complexity index is 385. The van der Waals surface area contributed by atoms with Crippen LogP contribution in [0.1, 0.15) is 12.8 Å². The van der Waals surface area contributed by atoms with Crippen LogP contribution >= 0.6 is 0 Å². The zero-order valence-electron chi connectivity index (χ0n) is 13.3. The minimum Gasteiger partial charge on any atom is -0.356 e. The Labute approximate surface area is 129 Å². The van der Waals surface area contributed by atoms with Gasteiger partial charge in [-0.15, -0.1) is 0 Å². The Morgan fingerprint density at radius 1 is 1.23 bits per heavy atom. The summed E-state index contributed by atoms with van der Waals surface area (Å²) in [6.07, 6.45) is -2.24. The molecule has 128 valence electrons. The van der Waals surface area contributed by atoms with Crippen LogP contribution in [0, 0.1) is 5.92 Å². The Hall–Kier alpha value is -1.02. The minimum atomic E-state index is -4.12. The van der Waals surface area contributed by atoms with Crippen LogP contribution in [0.2, 0.25) is 0 Å². The van der Waals surface area contributed by atoms with E-state index in [1.54, 1.807) is 7.05 Å². The third kappa shape index (κ3) is 5.64. The van der Waals surface area contributed by atoms with E-state index < -0.39 is 12.7 Å². The molecule has 0 aromatic rings. The summed E-state index contributed by atoms with van der Waals surface area (Å²) in [5.74, 6) is 1.29. The van der Waals surface area contributed by atoms with Gasteiger partial charge in [0.1, 0.15) is 0 Å². The van der Waals surface area contributed by atoms with Gasteiger partial charge in [-0.2, -0.15) is 13.2 Å². The van der Waals surface area contributed by atoms with Gasteiger partial charge in [-0.3, -0.25) is 9.89 Å². The van der Waals surface area contributed by atoms with Crippen LogP contribution < -0.4 is 10.6 Å². The lowest BCUT2D eigenvalue weighted by Gasteiger charge is -2.20. The van der Waals surface area contributed by atoms with Crippen molar-refractivity contribution in [3.05, 3.63) is 0 Å². The molecule has 22 heavy (non-hydrogen) atoms. The lowest BCUT2D eigenvalue weighted by atomic mass is 10.1. The molecule has 2 N–H and O–H groups in total. The molecule has 0 aliphatic carbocycles. The van der Waals surface area contributed by atoms with E-state index in [0.29, 0.717) is 31.4 Å². The van der Waals surface area contributed by atoms with E-state index >= 15 is 0 Å². The summed E-state index contributed by atoms with van der Waals surface area (Å²) in [4.78, 5) is 7.91. The molecule has 2 fully saturated rings. The highest BCUT2D eigenvalue weighted by molar-refractivity contribution is 5.80. The lowest BCUT2D eigenvalue weighted by Crippen LogP contribution is -2.46. The second kappa shape index (κ2) is 7.50. The molecular weight excluding hydrogens is 295 g/mol. The number of halogens is 3. The van der Waals surface area contributed by atoms with Crippen LogP contribution in [0.4, 0.5) is 13.2 Å². The highest BCUT2D eigenvalue weighted by Crippen LogP contribution is 2.20. The molecule has 0 aromatic carbocycles. The predicted molar refractivity (Wildman–Crippen MR) is 81.0 cm³/mol. The highest BCUT2D eigenvalue weighted by Gasteiger charge is 2.34. The summed E-state index contributed by atoms with van der Waals surface area (Å²) in [7, 11) is 3.80. The Kier molecular flexibility index (Phi) is 5.91. The van der Waals surface area contributed by atoms with Crippen molar-refractivity contribution < 1.29 is 13.2 Å². The molecule has 5 nitrogen and oxygen atoms in total. The first-order valence-corrected chi connectivity index (χ1v) is 7.80. The van der Waals surface area contributed by atoms with Crippen LogP contribution in [-0.2, 0) is 0 Å². The van der Waals surface area contributed by atoms with E-state index in [4.69, 9.17) is 0 Å². The van der Waals surface area contributed by atoms with Crippen molar-refractivity contribution in [2.24, 2.45) is 10.9 Å². The van der Waals surface area contributed by atoms with E-state index in [9.17, 15) is 13.2 Å².